The molecular weight excluding hydrogens is 380 g/mol. The summed E-state index contributed by atoms with van der Waals surface area (Å²) >= 11 is 0. The van der Waals surface area contributed by atoms with Crippen molar-refractivity contribution in [3.8, 4) is 0 Å². The number of alkyl halides is 1. The first kappa shape index (κ1) is 23.2. The van der Waals surface area contributed by atoms with Crippen molar-refractivity contribution >= 4 is 23.4 Å². The number of rotatable bonds is 10. The van der Waals surface area contributed by atoms with Crippen LogP contribution < -0.4 is 10.5 Å². The number of nitrogens with one attached hydrogen (secondary N) is 1. The average Bonchev–Trinajstić information content (AvgIpc) is 3.14. The minimum Gasteiger partial charge on any atom is -0.361 e. The van der Waals surface area contributed by atoms with E-state index in [0.29, 0.717) is 37.5 Å². The number of hydrogen-bond acceptors (Lipinski definition) is 6. The van der Waals surface area contributed by atoms with Crippen LogP contribution in [0.2, 0.25) is 0 Å². The molecule has 0 aliphatic carbocycles. The highest BCUT2D eigenvalue weighted by atomic mass is 19.1. The minimum atomic E-state index is -1.07. The highest BCUT2D eigenvalue weighted by molar-refractivity contribution is 5.89. The predicted octanol–water partition coefficient (Wildman–Crippen LogP) is 3.91. The van der Waals surface area contributed by atoms with Gasteiger partial charge in [-0.05, 0) is 38.0 Å². The molecule has 0 bridgehead atoms. The summed E-state index contributed by atoms with van der Waals surface area (Å²) in [6, 6.07) is 4.27. The highest BCUT2D eigenvalue weighted by Gasteiger charge is 2.27. The summed E-state index contributed by atoms with van der Waals surface area (Å²) in [7, 11) is 0. The first-order valence-corrected chi connectivity index (χ1v) is 10.1. The van der Waals surface area contributed by atoms with Gasteiger partial charge in [-0.1, -0.05) is 20.3 Å². The molecule has 2 rings (SSSR count). The van der Waals surface area contributed by atoms with E-state index in [2.05, 4.69) is 15.4 Å². The Morgan fingerprint density at radius 2 is 2.28 bits per heavy atom. The smallest absolute Gasteiger partial charge is 0.184 e. The number of halogens is 2. The number of nitrogens with zero attached hydrogens (tertiary/aromatic N) is 4. The van der Waals surface area contributed by atoms with Gasteiger partial charge in [0.2, 0.25) is 0 Å². The molecule has 0 aromatic heterocycles. The quantitative estimate of drug-likeness (QED) is 0.201. The summed E-state index contributed by atoms with van der Waals surface area (Å²) in [6.07, 6.45) is 2.26. The molecule has 1 saturated heterocycles. The Balaban J connectivity index is 2.23. The van der Waals surface area contributed by atoms with E-state index in [9.17, 15) is 13.9 Å². The highest BCUT2D eigenvalue weighted by Crippen LogP contribution is 2.26. The zero-order valence-corrected chi connectivity index (χ0v) is 17.3. The molecule has 1 aliphatic heterocycles. The molecule has 7 nitrogen and oxygen atoms in total. The second kappa shape index (κ2) is 11.8. The van der Waals surface area contributed by atoms with Crippen LogP contribution in [-0.2, 0) is 4.84 Å². The van der Waals surface area contributed by atoms with E-state index in [-0.39, 0.29) is 12.2 Å². The molecule has 0 radical (unpaired) electrons. The van der Waals surface area contributed by atoms with Crippen molar-refractivity contribution in [3.63, 3.8) is 0 Å². The number of amidine groups is 1. The number of hydrogen-bond donors (Lipinski definition) is 2. The number of anilines is 2. The van der Waals surface area contributed by atoms with Crippen LogP contribution in [0.4, 0.5) is 20.2 Å². The second-order valence-corrected chi connectivity index (χ2v) is 6.78. The lowest BCUT2D eigenvalue weighted by atomic mass is 10.2. The fraction of sp³-hybridized carbons (Fsp3) is 0.600. The third kappa shape index (κ3) is 7.02. The van der Waals surface area contributed by atoms with E-state index in [0.717, 1.165) is 18.0 Å². The molecule has 0 saturated carbocycles. The van der Waals surface area contributed by atoms with Crippen molar-refractivity contribution in [3.05, 3.63) is 24.0 Å². The number of aliphatic hydroxyl groups excluding tert-OH is 1. The van der Waals surface area contributed by atoms with Gasteiger partial charge in [-0.3, -0.25) is 9.74 Å². The van der Waals surface area contributed by atoms with Crippen LogP contribution in [0.3, 0.4) is 0 Å². The van der Waals surface area contributed by atoms with Crippen LogP contribution in [0.5, 0.6) is 0 Å². The Morgan fingerprint density at radius 3 is 2.90 bits per heavy atom. The molecule has 1 heterocycles. The molecule has 2 N–H and O–H groups in total. The number of unbranched alkanes of at least 4 members (excludes halogenated alkanes) is 1. The van der Waals surface area contributed by atoms with E-state index < -0.39 is 18.3 Å². The summed E-state index contributed by atoms with van der Waals surface area (Å²) in [5.74, 6) is -0.0286. The summed E-state index contributed by atoms with van der Waals surface area (Å²) in [4.78, 5) is 11.5. The Labute approximate surface area is 171 Å². The molecule has 1 aromatic rings. The third-order valence-corrected chi connectivity index (χ3v) is 4.47. The van der Waals surface area contributed by atoms with Gasteiger partial charge >= 0.3 is 0 Å². The SMILES string of the molecule is CC=N/C(CC)=N/N(OCCCC)c1cc(NC(O)N2CC[C@@H](F)C2)ccc1F. The summed E-state index contributed by atoms with van der Waals surface area (Å²) in [5, 5.41) is 18.7. The summed E-state index contributed by atoms with van der Waals surface area (Å²) < 4.78 is 28.0. The second-order valence-electron chi connectivity index (χ2n) is 6.78. The molecule has 1 aromatic carbocycles. The van der Waals surface area contributed by atoms with E-state index in [1.165, 1.54) is 18.2 Å². The zero-order chi connectivity index (χ0) is 21.2. The van der Waals surface area contributed by atoms with Crippen LogP contribution in [-0.4, -0.2) is 54.3 Å². The van der Waals surface area contributed by atoms with E-state index in [1.54, 1.807) is 18.0 Å². The van der Waals surface area contributed by atoms with Gasteiger partial charge in [-0.15, -0.1) is 10.3 Å². The van der Waals surface area contributed by atoms with Crippen molar-refractivity contribution in [2.75, 3.05) is 30.2 Å². The lowest BCUT2D eigenvalue weighted by molar-refractivity contribution is 0.0401. The maximum absolute atomic E-state index is 14.6. The predicted molar refractivity (Wildman–Crippen MR) is 112 cm³/mol. The lowest BCUT2D eigenvalue weighted by Gasteiger charge is -2.25. The van der Waals surface area contributed by atoms with Gasteiger partial charge in [0.25, 0.3) is 0 Å². The molecule has 1 aliphatic rings. The van der Waals surface area contributed by atoms with E-state index in [1.807, 2.05) is 13.8 Å². The Bertz CT molecular complexity index is 701. The molecule has 162 valence electrons. The maximum atomic E-state index is 14.6. The summed E-state index contributed by atoms with van der Waals surface area (Å²) in [6.45, 7) is 6.69. The van der Waals surface area contributed by atoms with Gasteiger partial charge in [0.1, 0.15) is 11.9 Å². The fourth-order valence-electron chi connectivity index (χ4n) is 2.84. The molecule has 29 heavy (non-hydrogen) atoms. The van der Waals surface area contributed by atoms with Gasteiger partial charge in [0.05, 0.1) is 6.61 Å². The van der Waals surface area contributed by atoms with Gasteiger partial charge in [-0.25, -0.2) is 13.8 Å². The molecule has 9 heteroatoms. The van der Waals surface area contributed by atoms with Crippen molar-refractivity contribution in [1.82, 2.24) is 4.90 Å². The molecule has 1 fully saturated rings. The van der Waals surface area contributed by atoms with Crippen LogP contribution >= 0.6 is 0 Å². The number of benzene rings is 1. The lowest BCUT2D eigenvalue weighted by Crippen LogP contribution is -2.39. The zero-order valence-electron chi connectivity index (χ0n) is 17.3. The van der Waals surface area contributed by atoms with Crippen molar-refractivity contribution in [2.45, 2.75) is 59.0 Å². The van der Waals surface area contributed by atoms with Crippen LogP contribution in [0.1, 0.15) is 46.5 Å². The Hall–Kier alpha value is -2.10. The average molecular weight is 411 g/mol. The van der Waals surface area contributed by atoms with Gasteiger partial charge in [0.15, 0.2) is 18.0 Å². The molecule has 0 amide bonds. The minimum absolute atomic E-state index is 0.0975. The standard InChI is InChI=1S/C20H31F2N5O2/c1-4-7-12-29-27(25-19(5-2)23-6-3)18-13-16(8-9-17(18)22)24-20(28)26-11-10-15(21)14-26/h6,8-9,13,15,20,24,28H,4-5,7,10-12,14H2,1-3H3/b23-6?,25-19+/t15-,20?/m1/s1. The molecule has 0 spiro atoms. The largest absolute Gasteiger partial charge is 0.361 e. The van der Waals surface area contributed by atoms with E-state index in [4.69, 9.17) is 4.84 Å². The first-order valence-electron chi connectivity index (χ1n) is 10.1. The number of likely N-dealkylation sites (tertiary alicyclic amines) is 1. The normalized spacial score (nSPS) is 19.1. The summed E-state index contributed by atoms with van der Waals surface area (Å²) in [5.41, 5.74) is 0.563. The molecule has 1 unspecified atom stereocenters. The van der Waals surface area contributed by atoms with Gasteiger partial charge in [-0.2, -0.15) is 0 Å². The number of hydrazone groups is 1. The number of aliphatic hydroxyl groups is 1. The van der Waals surface area contributed by atoms with E-state index >= 15 is 0 Å². The maximum Gasteiger partial charge on any atom is 0.184 e. The van der Waals surface area contributed by atoms with Gasteiger partial charge in [0, 0.05) is 31.4 Å². The fourth-order valence-corrected chi connectivity index (χ4v) is 2.84. The molecule has 2 atom stereocenters. The number of aliphatic imine (C=N–C) groups is 1. The van der Waals surface area contributed by atoms with Crippen LogP contribution in [0.15, 0.2) is 28.3 Å². The van der Waals surface area contributed by atoms with Crippen LogP contribution in [0.25, 0.3) is 0 Å². The van der Waals surface area contributed by atoms with Crippen molar-refractivity contribution in [1.29, 1.82) is 0 Å². The first-order chi connectivity index (χ1) is 14.0. The van der Waals surface area contributed by atoms with Crippen molar-refractivity contribution in [2.24, 2.45) is 10.1 Å². The Morgan fingerprint density at radius 1 is 1.48 bits per heavy atom. The van der Waals surface area contributed by atoms with Gasteiger partial charge < -0.3 is 10.4 Å². The monoisotopic (exact) mass is 411 g/mol. The van der Waals surface area contributed by atoms with Crippen molar-refractivity contribution < 1.29 is 18.7 Å². The third-order valence-electron chi connectivity index (χ3n) is 4.47. The topological polar surface area (TPSA) is 72.7 Å². The Kier molecular flexibility index (Phi) is 9.43. The van der Waals surface area contributed by atoms with Crippen LogP contribution in [0, 0.1) is 5.82 Å². The molecular formula is C20H31F2N5O2.